The summed E-state index contributed by atoms with van der Waals surface area (Å²) in [4.78, 5) is 13.7. The summed E-state index contributed by atoms with van der Waals surface area (Å²) in [7, 11) is 0. The Hall–Kier alpha value is -1.47. The van der Waals surface area contributed by atoms with Crippen LogP contribution >= 0.6 is 22.7 Å². The molecular formula is C16H25N5S2. The van der Waals surface area contributed by atoms with Crippen LogP contribution in [-0.2, 0) is 13.0 Å². The molecule has 0 spiro atoms. The maximum atomic E-state index is 4.62. The van der Waals surface area contributed by atoms with Gasteiger partial charge in [-0.2, -0.15) is 0 Å². The Bertz CT molecular complexity index is 630. The van der Waals surface area contributed by atoms with Crippen LogP contribution in [0, 0.1) is 6.92 Å². The van der Waals surface area contributed by atoms with E-state index in [4.69, 9.17) is 0 Å². The summed E-state index contributed by atoms with van der Waals surface area (Å²) in [5.74, 6) is 1.30. The highest BCUT2D eigenvalue weighted by Gasteiger charge is 2.06. The summed E-state index contributed by atoms with van der Waals surface area (Å²) in [5.41, 5.74) is 2.29. The van der Waals surface area contributed by atoms with Crippen LogP contribution in [0.25, 0.3) is 0 Å². The third-order valence-corrected chi connectivity index (χ3v) is 4.89. The summed E-state index contributed by atoms with van der Waals surface area (Å²) in [6.07, 6.45) is 0.906. The Morgan fingerprint density at radius 1 is 1.22 bits per heavy atom. The average molecular weight is 352 g/mol. The molecule has 0 amide bonds. The molecule has 2 aromatic rings. The second-order valence-electron chi connectivity index (χ2n) is 5.55. The number of thiazole rings is 2. The first-order chi connectivity index (χ1) is 11.1. The Labute approximate surface area is 146 Å². The third kappa shape index (κ3) is 5.91. The topological polar surface area (TPSA) is 62.2 Å². The highest BCUT2D eigenvalue weighted by molar-refractivity contribution is 7.09. The molecule has 0 aromatic carbocycles. The number of nitrogens with one attached hydrogen (secondary N) is 2. The van der Waals surface area contributed by atoms with Crippen molar-refractivity contribution in [2.75, 3.05) is 13.1 Å². The van der Waals surface area contributed by atoms with Gasteiger partial charge in [-0.3, -0.25) is 0 Å². The van der Waals surface area contributed by atoms with E-state index in [-0.39, 0.29) is 0 Å². The van der Waals surface area contributed by atoms with Crippen LogP contribution in [-0.4, -0.2) is 29.0 Å². The highest BCUT2D eigenvalue weighted by atomic mass is 32.1. The first-order valence-electron chi connectivity index (χ1n) is 7.96. The van der Waals surface area contributed by atoms with E-state index in [2.05, 4.69) is 57.1 Å². The minimum absolute atomic E-state index is 0.469. The van der Waals surface area contributed by atoms with Gasteiger partial charge in [0, 0.05) is 30.3 Å². The molecule has 0 saturated heterocycles. The lowest BCUT2D eigenvalue weighted by atomic mass is 10.2. The quantitative estimate of drug-likeness (QED) is 0.593. The monoisotopic (exact) mass is 351 g/mol. The molecule has 2 rings (SSSR count). The number of guanidine groups is 1. The molecule has 0 aliphatic heterocycles. The van der Waals surface area contributed by atoms with Crippen molar-refractivity contribution >= 4 is 28.6 Å². The molecule has 126 valence electrons. The van der Waals surface area contributed by atoms with E-state index >= 15 is 0 Å². The predicted molar refractivity (Wildman–Crippen MR) is 99.6 cm³/mol. The third-order valence-electron chi connectivity index (χ3n) is 3.22. The molecule has 0 aliphatic carbocycles. The molecule has 0 atom stereocenters. The van der Waals surface area contributed by atoms with Crippen LogP contribution in [0.5, 0.6) is 0 Å². The van der Waals surface area contributed by atoms with Gasteiger partial charge in [0.25, 0.3) is 0 Å². The fraction of sp³-hybridized carbons (Fsp3) is 0.562. The SMILES string of the molecule is CCNC(=NCc1nc(C(C)C)cs1)NCCc1csc(C)n1. The van der Waals surface area contributed by atoms with Crippen LogP contribution in [0.4, 0.5) is 0 Å². The zero-order valence-corrected chi connectivity index (χ0v) is 15.9. The van der Waals surface area contributed by atoms with Crippen LogP contribution < -0.4 is 10.6 Å². The van der Waals surface area contributed by atoms with Gasteiger partial charge in [-0.25, -0.2) is 15.0 Å². The molecule has 2 aromatic heterocycles. The summed E-state index contributed by atoms with van der Waals surface area (Å²) in [6.45, 7) is 10.7. The number of nitrogens with zero attached hydrogens (tertiary/aromatic N) is 3. The van der Waals surface area contributed by atoms with E-state index in [1.165, 1.54) is 0 Å². The van der Waals surface area contributed by atoms with E-state index in [1.54, 1.807) is 22.7 Å². The van der Waals surface area contributed by atoms with Gasteiger partial charge in [-0.15, -0.1) is 22.7 Å². The minimum Gasteiger partial charge on any atom is -0.357 e. The van der Waals surface area contributed by atoms with Crippen LogP contribution in [0.2, 0.25) is 0 Å². The Kier molecular flexibility index (Phi) is 6.98. The lowest BCUT2D eigenvalue weighted by Crippen LogP contribution is -2.38. The van der Waals surface area contributed by atoms with Gasteiger partial charge >= 0.3 is 0 Å². The first kappa shape index (κ1) is 17.9. The van der Waals surface area contributed by atoms with E-state index < -0.39 is 0 Å². The number of aryl methyl sites for hydroxylation is 1. The number of hydrogen-bond donors (Lipinski definition) is 2. The maximum Gasteiger partial charge on any atom is 0.191 e. The first-order valence-corrected chi connectivity index (χ1v) is 9.72. The molecule has 23 heavy (non-hydrogen) atoms. The van der Waals surface area contributed by atoms with E-state index in [0.29, 0.717) is 12.5 Å². The van der Waals surface area contributed by atoms with Gasteiger partial charge in [0.05, 0.1) is 22.9 Å². The molecule has 2 N–H and O–H groups in total. The van der Waals surface area contributed by atoms with Crippen LogP contribution in [0.1, 0.15) is 48.1 Å². The summed E-state index contributed by atoms with van der Waals surface area (Å²) in [5, 5.41) is 13.0. The lowest BCUT2D eigenvalue weighted by molar-refractivity contribution is 0.786. The molecule has 2 heterocycles. The van der Waals surface area contributed by atoms with Crippen molar-refractivity contribution in [3.05, 3.63) is 32.2 Å². The maximum absolute atomic E-state index is 4.62. The van der Waals surface area contributed by atoms with Gasteiger partial charge in [0.1, 0.15) is 5.01 Å². The largest absolute Gasteiger partial charge is 0.357 e. The minimum atomic E-state index is 0.469. The van der Waals surface area contributed by atoms with Gasteiger partial charge in [0.2, 0.25) is 0 Å². The standard InChI is InChI=1S/C16H25N5S2/c1-5-17-16(18-7-6-13-9-22-12(4)20-13)19-8-15-21-14(10-23-15)11(2)3/h9-11H,5-8H2,1-4H3,(H2,17,18,19). The molecule has 7 heteroatoms. The number of rotatable bonds is 7. The fourth-order valence-corrected chi connectivity index (χ4v) is 3.51. The van der Waals surface area contributed by atoms with Gasteiger partial charge < -0.3 is 10.6 Å². The summed E-state index contributed by atoms with van der Waals surface area (Å²) in [6, 6.07) is 0. The molecular weight excluding hydrogens is 326 g/mol. The van der Waals surface area contributed by atoms with Crippen LogP contribution in [0.3, 0.4) is 0 Å². The van der Waals surface area contributed by atoms with Crippen molar-refractivity contribution in [1.82, 2.24) is 20.6 Å². The molecule has 0 radical (unpaired) electrons. The molecule has 0 bridgehead atoms. The predicted octanol–water partition coefficient (Wildman–Crippen LogP) is 3.33. The second-order valence-corrected chi connectivity index (χ2v) is 7.56. The van der Waals surface area contributed by atoms with Gasteiger partial charge in [0.15, 0.2) is 5.96 Å². The Balaban J connectivity index is 1.85. The van der Waals surface area contributed by atoms with Gasteiger partial charge in [-0.1, -0.05) is 13.8 Å². The Morgan fingerprint density at radius 3 is 2.65 bits per heavy atom. The van der Waals surface area contributed by atoms with Gasteiger partial charge in [-0.05, 0) is 19.8 Å². The normalized spacial score (nSPS) is 12.0. The molecule has 0 fully saturated rings. The van der Waals surface area contributed by atoms with Crippen molar-refractivity contribution in [3.8, 4) is 0 Å². The second kappa shape index (κ2) is 8.98. The zero-order valence-electron chi connectivity index (χ0n) is 14.2. The number of aliphatic imine (C=N–C) groups is 1. The van der Waals surface area contributed by atoms with E-state index in [1.807, 2.05) is 6.92 Å². The number of aromatic nitrogens is 2. The van der Waals surface area contributed by atoms with Crippen molar-refractivity contribution < 1.29 is 0 Å². The van der Waals surface area contributed by atoms with E-state index in [0.717, 1.165) is 46.9 Å². The molecule has 5 nitrogen and oxygen atoms in total. The van der Waals surface area contributed by atoms with Crippen molar-refractivity contribution in [1.29, 1.82) is 0 Å². The smallest absolute Gasteiger partial charge is 0.191 e. The molecule has 0 saturated carbocycles. The van der Waals surface area contributed by atoms with E-state index in [9.17, 15) is 0 Å². The fourth-order valence-electron chi connectivity index (χ4n) is 1.98. The molecule has 0 aliphatic rings. The summed E-state index contributed by atoms with van der Waals surface area (Å²) >= 11 is 3.37. The van der Waals surface area contributed by atoms with Crippen molar-refractivity contribution in [2.24, 2.45) is 4.99 Å². The summed E-state index contributed by atoms with van der Waals surface area (Å²) < 4.78 is 0. The van der Waals surface area contributed by atoms with Crippen LogP contribution in [0.15, 0.2) is 15.8 Å². The average Bonchev–Trinajstić information content (AvgIpc) is 3.14. The lowest BCUT2D eigenvalue weighted by Gasteiger charge is -2.10. The zero-order chi connectivity index (χ0) is 16.7. The number of hydrogen-bond acceptors (Lipinski definition) is 5. The van der Waals surface area contributed by atoms with Crippen molar-refractivity contribution in [2.45, 2.75) is 46.6 Å². The molecule has 0 unspecified atom stereocenters. The highest BCUT2D eigenvalue weighted by Crippen LogP contribution is 2.18. The Morgan fingerprint density at radius 2 is 2.04 bits per heavy atom. The van der Waals surface area contributed by atoms with Crippen molar-refractivity contribution in [3.63, 3.8) is 0 Å².